The third kappa shape index (κ3) is 5.16. The van der Waals surface area contributed by atoms with Gasteiger partial charge in [0, 0.05) is 64.0 Å². The van der Waals surface area contributed by atoms with Crippen LogP contribution in [0.3, 0.4) is 0 Å². The Morgan fingerprint density at radius 2 is 1.88 bits per heavy atom. The second-order valence-corrected chi connectivity index (χ2v) is 5.92. The zero-order valence-corrected chi connectivity index (χ0v) is 14.4. The van der Waals surface area contributed by atoms with Crippen LogP contribution in [0.4, 0.5) is 5.95 Å². The fraction of sp³-hybridized carbons (Fsp3) is 0.625. The average Bonchev–Trinajstić information content (AvgIpc) is 2.62. The Kier molecular flexibility index (Phi) is 6.92. The number of rotatable bonds is 7. The Morgan fingerprint density at radius 1 is 1.21 bits per heavy atom. The van der Waals surface area contributed by atoms with E-state index in [9.17, 15) is 9.59 Å². The number of hydrogen-bond acceptors (Lipinski definition) is 6. The van der Waals surface area contributed by atoms with Crippen LogP contribution < -0.4 is 15.5 Å². The first-order valence-corrected chi connectivity index (χ1v) is 8.34. The van der Waals surface area contributed by atoms with Crippen LogP contribution >= 0.6 is 0 Å². The van der Waals surface area contributed by atoms with Gasteiger partial charge in [-0.2, -0.15) is 0 Å². The zero-order valence-electron chi connectivity index (χ0n) is 14.4. The van der Waals surface area contributed by atoms with E-state index in [0.717, 1.165) is 13.1 Å². The predicted octanol–water partition coefficient (Wildman–Crippen LogP) is -0.513. The van der Waals surface area contributed by atoms with Crippen molar-refractivity contribution in [2.24, 2.45) is 5.92 Å². The summed E-state index contributed by atoms with van der Waals surface area (Å²) >= 11 is 0. The highest BCUT2D eigenvalue weighted by Crippen LogP contribution is 2.10. The summed E-state index contributed by atoms with van der Waals surface area (Å²) in [7, 11) is 1.81. The lowest BCUT2D eigenvalue weighted by Crippen LogP contribution is -2.49. The standard InChI is InChI=1S/C16H26N6O2/c1-13(12-17-2)15(24)18-7-4-14(23)21-8-10-22(11-9-21)16-19-5-3-6-20-16/h3,5-6,13,17H,4,7-12H2,1-2H3,(H,18,24). The third-order valence-corrected chi connectivity index (χ3v) is 4.06. The molecule has 132 valence electrons. The first-order valence-electron chi connectivity index (χ1n) is 8.34. The number of carbonyl (C=O) groups excluding carboxylic acids is 2. The van der Waals surface area contributed by atoms with Crippen LogP contribution in [-0.2, 0) is 9.59 Å². The highest BCUT2D eigenvalue weighted by Gasteiger charge is 2.22. The molecule has 1 aliphatic heterocycles. The molecule has 0 radical (unpaired) electrons. The molecule has 2 rings (SSSR count). The molecule has 0 aliphatic carbocycles. The molecule has 2 heterocycles. The minimum absolute atomic E-state index is 0.0248. The largest absolute Gasteiger partial charge is 0.355 e. The molecular formula is C16H26N6O2. The number of carbonyl (C=O) groups is 2. The van der Waals surface area contributed by atoms with Crippen LogP contribution in [0.25, 0.3) is 0 Å². The Labute approximate surface area is 142 Å². The molecule has 1 saturated heterocycles. The summed E-state index contributed by atoms with van der Waals surface area (Å²) < 4.78 is 0. The number of anilines is 1. The van der Waals surface area contributed by atoms with Crippen molar-refractivity contribution in [3.05, 3.63) is 18.5 Å². The van der Waals surface area contributed by atoms with E-state index < -0.39 is 0 Å². The SMILES string of the molecule is CNCC(C)C(=O)NCCC(=O)N1CCN(c2ncccn2)CC1. The lowest BCUT2D eigenvalue weighted by atomic mass is 10.1. The van der Waals surface area contributed by atoms with Gasteiger partial charge in [0.1, 0.15) is 0 Å². The first kappa shape index (κ1) is 18.1. The second kappa shape index (κ2) is 9.17. The van der Waals surface area contributed by atoms with Crippen LogP contribution in [-0.4, -0.2) is 73.0 Å². The van der Waals surface area contributed by atoms with Gasteiger partial charge in [0.25, 0.3) is 0 Å². The zero-order chi connectivity index (χ0) is 17.4. The summed E-state index contributed by atoms with van der Waals surface area (Å²) in [5.74, 6) is 0.656. The number of aromatic nitrogens is 2. The van der Waals surface area contributed by atoms with Crippen LogP contribution in [0, 0.1) is 5.92 Å². The van der Waals surface area contributed by atoms with Gasteiger partial charge in [0.2, 0.25) is 17.8 Å². The molecule has 1 aromatic rings. The van der Waals surface area contributed by atoms with Crippen LogP contribution in [0.2, 0.25) is 0 Å². The fourth-order valence-electron chi connectivity index (χ4n) is 2.63. The molecule has 2 N–H and O–H groups in total. The van der Waals surface area contributed by atoms with E-state index in [2.05, 4.69) is 25.5 Å². The summed E-state index contributed by atoms with van der Waals surface area (Å²) in [5.41, 5.74) is 0. The maximum absolute atomic E-state index is 12.2. The summed E-state index contributed by atoms with van der Waals surface area (Å²) in [6.45, 7) is 5.63. The molecule has 0 saturated carbocycles. The Balaban J connectivity index is 1.68. The van der Waals surface area contributed by atoms with Crippen LogP contribution in [0.1, 0.15) is 13.3 Å². The molecule has 8 heteroatoms. The van der Waals surface area contributed by atoms with E-state index in [1.54, 1.807) is 18.5 Å². The molecule has 1 atom stereocenters. The highest BCUT2D eigenvalue weighted by atomic mass is 16.2. The smallest absolute Gasteiger partial charge is 0.225 e. The number of piperazine rings is 1. The van der Waals surface area contributed by atoms with E-state index in [-0.39, 0.29) is 17.7 Å². The molecule has 1 fully saturated rings. The first-order chi connectivity index (χ1) is 11.6. The molecule has 24 heavy (non-hydrogen) atoms. The Hall–Kier alpha value is -2.22. The fourth-order valence-corrected chi connectivity index (χ4v) is 2.63. The van der Waals surface area contributed by atoms with E-state index >= 15 is 0 Å². The molecule has 8 nitrogen and oxygen atoms in total. The van der Waals surface area contributed by atoms with E-state index in [0.29, 0.717) is 38.5 Å². The quantitative estimate of drug-likeness (QED) is 0.698. The molecule has 1 aliphatic rings. The van der Waals surface area contributed by atoms with Crippen molar-refractivity contribution in [3.8, 4) is 0 Å². The summed E-state index contributed by atoms with van der Waals surface area (Å²) in [4.78, 5) is 36.4. The van der Waals surface area contributed by atoms with E-state index in [1.165, 1.54) is 0 Å². The van der Waals surface area contributed by atoms with E-state index in [1.807, 2.05) is 18.9 Å². The maximum atomic E-state index is 12.2. The second-order valence-electron chi connectivity index (χ2n) is 5.92. The van der Waals surface area contributed by atoms with Crippen molar-refractivity contribution < 1.29 is 9.59 Å². The third-order valence-electron chi connectivity index (χ3n) is 4.06. The van der Waals surface area contributed by atoms with E-state index in [4.69, 9.17) is 0 Å². The van der Waals surface area contributed by atoms with Crippen molar-refractivity contribution >= 4 is 17.8 Å². The molecule has 0 bridgehead atoms. The topological polar surface area (TPSA) is 90.5 Å². The van der Waals surface area contributed by atoms with Gasteiger partial charge in [-0.1, -0.05) is 6.92 Å². The molecule has 1 unspecified atom stereocenters. The predicted molar refractivity (Wildman–Crippen MR) is 91.5 cm³/mol. The minimum atomic E-state index is -0.0977. The van der Waals surface area contributed by atoms with Gasteiger partial charge in [-0.25, -0.2) is 9.97 Å². The summed E-state index contributed by atoms with van der Waals surface area (Å²) in [6.07, 6.45) is 3.77. The maximum Gasteiger partial charge on any atom is 0.225 e. The van der Waals surface area contributed by atoms with Crippen molar-refractivity contribution in [2.45, 2.75) is 13.3 Å². The number of nitrogens with one attached hydrogen (secondary N) is 2. The highest BCUT2D eigenvalue weighted by molar-refractivity contribution is 5.80. The van der Waals surface area contributed by atoms with Gasteiger partial charge in [0.05, 0.1) is 0 Å². The Bertz CT molecular complexity index is 531. The lowest BCUT2D eigenvalue weighted by Gasteiger charge is -2.34. The van der Waals surface area contributed by atoms with Crippen LogP contribution in [0.15, 0.2) is 18.5 Å². The minimum Gasteiger partial charge on any atom is -0.355 e. The van der Waals surface area contributed by atoms with Gasteiger partial charge in [-0.05, 0) is 13.1 Å². The Morgan fingerprint density at radius 3 is 2.50 bits per heavy atom. The molecular weight excluding hydrogens is 308 g/mol. The average molecular weight is 334 g/mol. The van der Waals surface area contributed by atoms with Gasteiger partial charge < -0.3 is 20.4 Å². The van der Waals surface area contributed by atoms with Crippen molar-refractivity contribution in [3.63, 3.8) is 0 Å². The number of hydrogen-bond donors (Lipinski definition) is 2. The van der Waals surface area contributed by atoms with Crippen molar-refractivity contribution in [1.82, 2.24) is 25.5 Å². The van der Waals surface area contributed by atoms with Crippen molar-refractivity contribution in [1.29, 1.82) is 0 Å². The number of nitrogens with zero attached hydrogens (tertiary/aromatic N) is 4. The van der Waals surface area contributed by atoms with Gasteiger partial charge >= 0.3 is 0 Å². The van der Waals surface area contributed by atoms with Gasteiger partial charge in [-0.3, -0.25) is 9.59 Å². The van der Waals surface area contributed by atoms with Gasteiger partial charge in [0.15, 0.2) is 0 Å². The lowest BCUT2D eigenvalue weighted by molar-refractivity contribution is -0.131. The molecule has 0 spiro atoms. The van der Waals surface area contributed by atoms with Crippen molar-refractivity contribution in [2.75, 3.05) is 51.2 Å². The molecule has 1 aromatic heterocycles. The normalized spacial score (nSPS) is 15.9. The van der Waals surface area contributed by atoms with Crippen LogP contribution in [0.5, 0.6) is 0 Å². The summed E-state index contributed by atoms with van der Waals surface area (Å²) in [5, 5.41) is 5.78. The molecule has 2 amide bonds. The summed E-state index contributed by atoms with van der Waals surface area (Å²) in [6, 6.07) is 1.79. The van der Waals surface area contributed by atoms with Gasteiger partial charge in [-0.15, -0.1) is 0 Å². The number of amides is 2. The molecule has 0 aromatic carbocycles. The monoisotopic (exact) mass is 334 g/mol.